The number of hydrogen-bond acceptors (Lipinski definition) is 2. The quantitative estimate of drug-likeness (QED) is 0.684. The molecule has 0 heterocycles. The summed E-state index contributed by atoms with van der Waals surface area (Å²) >= 11 is 0. The maximum atomic E-state index is 11.8. The molecule has 2 unspecified atom stereocenters. The van der Waals surface area contributed by atoms with Crippen molar-refractivity contribution in [3.63, 3.8) is 0 Å². The van der Waals surface area contributed by atoms with E-state index in [1.165, 1.54) is 4.90 Å². The second-order valence-corrected chi connectivity index (χ2v) is 3.85. The first-order chi connectivity index (χ1) is 7.96. The van der Waals surface area contributed by atoms with Gasteiger partial charge in [-0.05, 0) is 13.3 Å². The van der Waals surface area contributed by atoms with Crippen LogP contribution in [0.4, 0.5) is 4.79 Å². The lowest BCUT2D eigenvalue weighted by atomic mass is 10.2. The predicted octanol–water partition coefficient (Wildman–Crippen LogP) is 1.15. The van der Waals surface area contributed by atoms with Crippen LogP contribution >= 0.6 is 0 Å². The van der Waals surface area contributed by atoms with Gasteiger partial charge in [0.15, 0.2) is 0 Å². The van der Waals surface area contributed by atoms with E-state index in [1.807, 2.05) is 6.92 Å². The molecule has 0 aliphatic rings. The van der Waals surface area contributed by atoms with Crippen molar-refractivity contribution in [2.24, 2.45) is 5.92 Å². The maximum absolute atomic E-state index is 11.8. The number of rotatable bonds is 6. The molecule has 0 saturated heterocycles. The SMILES string of the molecule is C#CC(CC)NC(=O)N(CC)CC(C)C(=O)O. The smallest absolute Gasteiger partial charge is 0.318 e. The standard InChI is InChI=1S/C12H20N2O3/c1-5-10(6-2)13-12(17)14(7-3)8-9(4)11(15)16/h1,9-10H,6-8H2,2-4H3,(H,13,17)(H,15,16). The second-order valence-electron chi connectivity index (χ2n) is 3.85. The number of carbonyl (C=O) groups excluding carboxylic acids is 1. The summed E-state index contributed by atoms with van der Waals surface area (Å²) in [4.78, 5) is 23.9. The van der Waals surface area contributed by atoms with Crippen molar-refractivity contribution < 1.29 is 14.7 Å². The molecule has 0 aromatic carbocycles. The third-order valence-corrected chi connectivity index (χ3v) is 2.49. The number of aliphatic carboxylic acids is 1. The molecule has 0 bridgehead atoms. The molecule has 0 rings (SSSR count). The summed E-state index contributed by atoms with van der Waals surface area (Å²) in [6.45, 7) is 5.87. The highest BCUT2D eigenvalue weighted by atomic mass is 16.4. The van der Waals surface area contributed by atoms with Crippen molar-refractivity contribution in [1.82, 2.24) is 10.2 Å². The number of nitrogens with one attached hydrogen (secondary N) is 1. The zero-order chi connectivity index (χ0) is 13.4. The summed E-state index contributed by atoms with van der Waals surface area (Å²) in [5.41, 5.74) is 0. The third-order valence-electron chi connectivity index (χ3n) is 2.49. The minimum Gasteiger partial charge on any atom is -0.481 e. The molecule has 0 aromatic heterocycles. The Bertz CT molecular complexity index is 309. The van der Waals surface area contributed by atoms with Crippen molar-refractivity contribution in [3.05, 3.63) is 0 Å². The monoisotopic (exact) mass is 240 g/mol. The maximum Gasteiger partial charge on any atom is 0.318 e. The van der Waals surface area contributed by atoms with E-state index in [4.69, 9.17) is 11.5 Å². The fourth-order valence-corrected chi connectivity index (χ4v) is 1.27. The zero-order valence-corrected chi connectivity index (χ0v) is 10.6. The van der Waals surface area contributed by atoms with Gasteiger partial charge in [0.1, 0.15) is 0 Å². The molecule has 96 valence electrons. The lowest BCUT2D eigenvalue weighted by Crippen LogP contribution is -2.46. The van der Waals surface area contributed by atoms with Gasteiger partial charge in [-0.2, -0.15) is 0 Å². The van der Waals surface area contributed by atoms with Crippen LogP contribution in [0.3, 0.4) is 0 Å². The number of hydrogen-bond donors (Lipinski definition) is 2. The van der Waals surface area contributed by atoms with Gasteiger partial charge in [-0.1, -0.05) is 19.8 Å². The number of amides is 2. The molecule has 0 aliphatic heterocycles. The van der Waals surface area contributed by atoms with Gasteiger partial charge in [-0.15, -0.1) is 6.42 Å². The van der Waals surface area contributed by atoms with Gasteiger partial charge in [-0.3, -0.25) is 4.79 Å². The Morgan fingerprint density at radius 1 is 1.47 bits per heavy atom. The van der Waals surface area contributed by atoms with Gasteiger partial charge < -0.3 is 15.3 Å². The molecule has 2 atom stereocenters. The van der Waals surface area contributed by atoms with Gasteiger partial charge >= 0.3 is 12.0 Å². The first-order valence-corrected chi connectivity index (χ1v) is 5.70. The molecule has 17 heavy (non-hydrogen) atoms. The second kappa shape index (κ2) is 7.55. The molecule has 0 spiro atoms. The van der Waals surface area contributed by atoms with Crippen molar-refractivity contribution in [2.45, 2.75) is 33.2 Å². The van der Waals surface area contributed by atoms with Gasteiger partial charge in [0.25, 0.3) is 0 Å². The van der Waals surface area contributed by atoms with Crippen LogP contribution in [0.5, 0.6) is 0 Å². The van der Waals surface area contributed by atoms with Crippen LogP contribution in [0.25, 0.3) is 0 Å². The minimum atomic E-state index is -0.916. The number of nitrogens with zero attached hydrogens (tertiary/aromatic N) is 1. The van der Waals surface area contributed by atoms with Crippen LogP contribution in [0.2, 0.25) is 0 Å². The number of urea groups is 1. The number of carboxylic acids is 1. The Hall–Kier alpha value is -1.70. The van der Waals surface area contributed by atoms with Crippen LogP contribution in [0, 0.1) is 18.3 Å². The first-order valence-electron chi connectivity index (χ1n) is 5.70. The van der Waals surface area contributed by atoms with Crippen LogP contribution in [-0.2, 0) is 4.79 Å². The van der Waals surface area contributed by atoms with E-state index in [9.17, 15) is 9.59 Å². The highest BCUT2D eigenvalue weighted by Crippen LogP contribution is 2.01. The molecule has 0 saturated carbocycles. The molecule has 0 radical (unpaired) electrons. The highest BCUT2D eigenvalue weighted by molar-refractivity contribution is 5.76. The summed E-state index contributed by atoms with van der Waals surface area (Å²) in [5.74, 6) is 0.955. The Labute approximate surface area is 102 Å². The van der Waals surface area contributed by atoms with Gasteiger partial charge in [0, 0.05) is 13.1 Å². The fourth-order valence-electron chi connectivity index (χ4n) is 1.27. The lowest BCUT2D eigenvalue weighted by Gasteiger charge is -2.24. The normalized spacial score (nSPS) is 13.3. The van der Waals surface area contributed by atoms with Crippen molar-refractivity contribution in [3.8, 4) is 12.3 Å². The van der Waals surface area contributed by atoms with Gasteiger partial charge in [0.2, 0.25) is 0 Å². The van der Waals surface area contributed by atoms with E-state index in [0.29, 0.717) is 13.0 Å². The van der Waals surface area contributed by atoms with E-state index in [-0.39, 0.29) is 18.6 Å². The third kappa shape index (κ3) is 5.25. The van der Waals surface area contributed by atoms with Crippen molar-refractivity contribution in [2.75, 3.05) is 13.1 Å². The van der Waals surface area contributed by atoms with Crippen molar-refractivity contribution in [1.29, 1.82) is 0 Å². The van der Waals surface area contributed by atoms with E-state index in [2.05, 4.69) is 11.2 Å². The molecule has 0 aromatic rings. The molecule has 2 N–H and O–H groups in total. The number of carbonyl (C=O) groups is 2. The Morgan fingerprint density at radius 3 is 2.41 bits per heavy atom. The van der Waals surface area contributed by atoms with Gasteiger partial charge in [-0.25, -0.2) is 4.79 Å². The minimum absolute atomic E-state index is 0.179. The molecular formula is C12H20N2O3. The van der Waals surface area contributed by atoms with E-state index in [0.717, 1.165) is 0 Å². The molecule has 0 fully saturated rings. The highest BCUT2D eigenvalue weighted by Gasteiger charge is 2.20. The average molecular weight is 240 g/mol. The first kappa shape index (κ1) is 15.3. The largest absolute Gasteiger partial charge is 0.481 e. The molecule has 2 amide bonds. The van der Waals surface area contributed by atoms with Crippen molar-refractivity contribution >= 4 is 12.0 Å². The van der Waals surface area contributed by atoms with Gasteiger partial charge in [0.05, 0.1) is 12.0 Å². The van der Waals surface area contributed by atoms with E-state index < -0.39 is 11.9 Å². The Balaban J connectivity index is 4.41. The summed E-state index contributed by atoms with van der Waals surface area (Å²) in [5, 5.41) is 11.5. The van der Waals surface area contributed by atoms with E-state index in [1.54, 1.807) is 13.8 Å². The molecule has 5 nitrogen and oxygen atoms in total. The summed E-state index contributed by atoms with van der Waals surface area (Å²) in [6, 6.07) is -0.623. The van der Waals surface area contributed by atoms with E-state index >= 15 is 0 Å². The summed E-state index contributed by atoms with van der Waals surface area (Å²) in [6.07, 6.45) is 5.89. The van der Waals surface area contributed by atoms with Crippen LogP contribution < -0.4 is 5.32 Å². The molecule has 5 heteroatoms. The summed E-state index contributed by atoms with van der Waals surface area (Å²) in [7, 11) is 0. The zero-order valence-electron chi connectivity index (χ0n) is 10.6. The average Bonchev–Trinajstić information content (AvgIpc) is 2.31. The topological polar surface area (TPSA) is 69.6 Å². The Kier molecular flexibility index (Phi) is 6.80. The molecule has 0 aliphatic carbocycles. The van der Waals surface area contributed by atoms with Crippen LogP contribution in [-0.4, -0.2) is 41.1 Å². The molecular weight excluding hydrogens is 220 g/mol. The van der Waals surface area contributed by atoms with Crippen LogP contribution in [0.1, 0.15) is 27.2 Å². The Morgan fingerprint density at radius 2 is 2.06 bits per heavy atom. The lowest BCUT2D eigenvalue weighted by molar-refractivity contribution is -0.141. The summed E-state index contributed by atoms with van der Waals surface area (Å²) < 4.78 is 0. The fraction of sp³-hybridized carbons (Fsp3) is 0.667. The predicted molar refractivity (Wildman–Crippen MR) is 65.5 cm³/mol. The number of terminal acetylenes is 1. The number of carboxylic acid groups (broad SMARTS) is 1. The van der Waals surface area contributed by atoms with Crippen LogP contribution in [0.15, 0.2) is 0 Å².